The number of unbranched alkanes of at least 4 members (excludes halogenated alkanes) is 6. The van der Waals surface area contributed by atoms with Crippen LogP contribution in [0, 0.1) is 5.82 Å². The van der Waals surface area contributed by atoms with Crippen LogP contribution in [0.2, 0.25) is 0 Å². The van der Waals surface area contributed by atoms with Crippen LogP contribution >= 0.6 is 0 Å². The molecule has 0 N–H and O–H groups in total. The Morgan fingerprint density at radius 3 is 1.42 bits per heavy atom. The molecule has 6 nitrogen and oxygen atoms in total. The van der Waals surface area contributed by atoms with Gasteiger partial charge in [-0.25, -0.2) is 14.0 Å². The molecule has 7 heteroatoms. The van der Waals surface area contributed by atoms with Crippen LogP contribution in [0.15, 0.2) is 92.0 Å². The zero-order valence-electron chi connectivity index (χ0n) is 24.7. The second-order valence-corrected chi connectivity index (χ2v) is 10.0. The van der Waals surface area contributed by atoms with Gasteiger partial charge in [-0.2, -0.15) is 0 Å². The van der Waals surface area contributed by atoms with E-state index >= 15 is 4.39 Å². The van der Waals surface area contributed by atoms with Gasteiger partial charge in [0.05, 0.1) is 26.4 Å². The van der Waals surface area contributed by atoms with Crippen LogP contribution in [0.25, 0.3) is 22.3 Å². The van der Waals surface area contributed by atoms with E-state index in [9.17, 15) is 9.59 Å². The zero-order chi connectivity index (χ0) is 30.7. The number of hydrogen-bond acceptors (Lipinski definition) is 6. The second kappa shape index (κ2) is 18.9. The maximum atomic E-state index is 15.1. The number of hydrogen-bond donors (Lipinski definition) is 0. The standard InChI is InChI=1S/C36H41FO6/c1-3-35(38)42-25-11-7-5-9-23-40-31-18-13-28(14-19-31)30-17-22-33(34(37)27-30)29-15-20-32(21-16-29)41-24-10-6-8-12-26-43-36(39)4-2/h3-4,13-22,27H,1-2,5-12,23-26H2. The van der Waals surface area contributed by atoms with Crippen molar-refractivity contribution in [2.24, 2.45) is 0 Å². The van der Waals surface area contributed by atoms with E-state index in [1.165, 1.54) is 12.2 Å². The molecule has 0 atom stereocenters. The molecule has 3 rings (SSSR count). The smallest absolute Gasteiger partial charge is 0.330 e. The molecule has 0 aliphatic heterocycles. The van der Waals surface area contributed by atoms with Crippen molar-refractivity contribution in [3.63, 3.8) is 0 Å². The van der Waals surface area contributed by atoms with E-state index < -0.39 is 0 Å². The summed E-state index contributed by atoms with van der Waals surface area (Å²) in [5.74, 6) is 0.459. The van der Waals surface area contributed by atoms with Crippen LogP contribution in [0.3, 0.4) is 0 Å². The minimum Gasteiger partial charge on any atom is -0.494 e. The molecular formula is C36H41FO6. The summed E-state index contributed by atoms with van der Waals surface area (Å²) in [7, 11) is 0. The molecule has 0 bridgehead atoms. The Hall–Kier alpha value is -4.39. The van der Waals surface area contributed by atoms with E-state index in [-0.39, 0.29) is 17.8 Å². The van der Waals surface area contributed by atoms with Crippen LogP contribution in [-0.4, -0.2) is 38.4 Å². The maximum Gasteiger partial charge on any atom is 0.330 e. The van der Waals surface area contributed by atoms with E-state index in [0.717, 1.165) is 79.6 Å². The van der Waals surface area contributed by atoms with Crippen molar-refractivity contribution < 1.29 is 32.9 Å². The minimum atomic E-state index is -0.387. The van der Waals surface area contributed by atoms with Gasteiger partial charge in [-0.05, 0) is 98.4 Å². The number of rotatable bonds is 20. The van der Waals surface area contributed by atoms with Crippen molar-refractivity contribution in [2.75, 3.05) is 26.4 Å². The fourth-order valence-electron chi connectivity index (χ4n) is 4.36. The highest BCUT2D eigenvalue weighted by atomic mass is 19.1. The topological polar surface area (TPSA) is 71.1 Å². The molecular weight excluding hydrogens is 547 g/mol. The van der Waals surface area contributed by atoms with Crippen LogP contribution in [-0.2, 0) is 19.1 Å². The summed E-state index contributed by atoms with van der Waals surface area (Å²) in [4.78, 5) is 22.0. The largest absolute Gasteiger partial charge is 0.494 e. The predicted octanol–water partition coefficient (Wildman–Crippen LogP) is 8.50. The highest BCUT2D eigenvalue weighted by Gasteiger charge is 2.09. The van der Waals surface area contributed by atoms with Crippen molar-refractivity contribution in [3.05, 3.63) is 97.9 Å². The summed E-state index contributed by atoms with van der Waals surface area (Å²) in [6.07, 6.45) is 9.69. The summed E-state index contributed by atoms with van der Waals surface area (Å²) in [6, 6.07) is 20.4. The first kappa shape index (κ1) is 33.1. The quantitative estimate of drug-likeness (QED) is 0.0749. The van der Waals surface area contributed by atoms with Crippen molar-refractivity contribution in [2.45, 2.75) is 51.4 Å². The van der Waals surface area contributed by atoms with Crippen LogP contribution in [0.1, 0.15) is 51.4 Å². The third kappa shape index (κ3) is 12.2. The van der Waals surface area contributed by atoms with Crippen molar-refractivity contribution >= 4 is 11.9 Å². The van der Waals surface area contributed by atoms with Gasteiger partial charge >= 0.3 is 11.9 Å². The van der Waals surface area contributed by atoms with E-state index in [0.29, 0.717) is 32.0 Å². The number of ether oxygens (including phenoxy) is 4. The highest BCUT2D eigenvalue weighted by molar-refractivity contribution is 5.81. The van der Waals surface area contributed by atoms with Crippen LogP contribution < -0.4 is 9.47 Å². The number of carbonyl (C=O) groups excluding carboxylic acids is 2. The number of halogens is 1. The number of carbonyl (C=O) groups is 2. The molecule has 0 amide bonds. The summed E-state index contributed by atoms with van der Waals surface area (Å²) < 4.78 is 36.7. The van der Waals surface area contributed by atoms with Crippen molar-refractivity contribution in [3.8, 4) is 33.8 Å². The first-order chi connectivity index (χ1) is 21.0. The number of benzene rings is 3. The molecule has 0 radical (unpaired) electrons. The number of esters is 2. The van der Waals surface area contributed by atoms with Gasteiger partial charge in [0, 0.05) is 17.7 Å². The molecule has 0 aliphatic rings. The van der Waals surface area contributed by atoms with Crippen molar-refractivity contribution in [1.29, 1.82) is 0 Å². The van der Waals surface area contributed by atoms with Gasteiger partial charge in [-0.1, -0.05) is 49.6 Å². The van der Waals surface area contributed by atoms with Gasteiger partial charge in [-0.15, -0.1) is 0 Å². The molecule has 0 fully saturated rings. The summed E-state index contributed by atoms with van der Waals surface area (Å²) in [5.41, 5.74) is 3.02. The Morgan fingerprint density at radius 1 is 0.558 bits per heavy atom. The van der Waals surface area contributed by atoms with Crippen LogP contribution in [0.5, 0.6) is 11.5 Å². The van der Waals surface area contributed by atoms with Gasteiger partial charge in [0.1, 0.15) is 17.3 Å². The third-order valence-electron chi connectivity index (χ3n) is 6.76. The second-order valence-electron chi connectivity index (χ2n) is 10.0. The molecule has 3 aromatic carbocycles. The molecule has 3 aromatic rings. The molecule has 228 valence electrons. The molecule has 0 heterocycles. The fourth-order valence-corrected chi connectivity index (χ4v) is 4.36. The normalized spacial score (nSPS) is 10.5. The molecule has 0 aliphatic carbocycles. The lowest BCUT2D eigenvalue weighted by Gasteiger charge is -2.10. The van der Waals surface area contributed by atoms with Crippen molar-refractivity contribution in [1.82, 2.24) is 0 Å². The monoisotopic (exact) mass is 588 g/mol. The lowest BCUT2D eigenvalue weighted by molar-refractivity contribution is -0.138. The van der Waals surface area contributed by atoms with E-state index in [1.807, 2.05) is 54.6 Å². The lowest BCUT2D eigenvalue weighted by atomic mass is 9.99. The van der Waals surface area contributed by atoms with Gasteiger partial charge in [0.15, 0.2) is 0 Å². The average Bonchev–Trinajstić information content (AvgIpc) is 3.03. The van der Waals surface area contributed by atoms with E-state index in [2.05, 4.69) is 13.2 Å². The van der Waals surface area contributed by atoms with E-state index in [4.69, 9.17) is 18.9 Å². The Labute approximate surface area is 254 Å². The fraction of sp³-hybridized carbons (Fsp3) is 0.333. The highest BCUT2D eigenvalue weighted by Crippen LogP contribution is 2.30. The molecule has 0 aromatic heterocycles. The van der Waals surface area contributed by atoms with E-state index in [1.54, 1.807) is 12.1 Å². The first-order valence-electron chi connectivity index (χ1n) is 14.8. The lowest BCUT2D eigenvalue weighted by Crippen LogP contribution is -2.02. The Bertz CT molecular complexity index is 1300. The third-order valence-corrected chi connectivity index (χ3v) is 6.76. The molecule has 43 heavy (non-hydrogen) atoms. The molecule has 0 saturated heterocycles. The summed E-state index contributed by atoms with van der Waals surface area (Å²) >= 11 is 0. The van der Waals surface area contributed by atoms with Gasteiger partial charge < -0.3 is 18.9 Å². The maximum absolute atomic E-state index is 15.1. The molecule has 0 spiro atoms. The average molecular weight is 589 g/mol. The van der Waals surface area contributed by atoms with Gasteiger partial charge in [0.2, 0.25) is 0 Å². The molecule has 0 unspecified atom stereocenters. The SMILES string of the molecule is C=CC(=O)OCCCCCCOc1ccc(-c2ccc(-c3ccc(OCCCCCCOC(=O)C=C)cc3)c(F)c2)cc1. The van der Waals surface area contributed by atoms with Crippen LogP contribution in [0.4, 0.5) is 4.39 Å². The first-order valence-corrected chi connectivity index (χ1v) is 14.8. The Balaban J connectivity index is 1.38. The molecule has 0 saturated carbocycles. The summed E-state index contributed by atoms with van der Waals surface area (Å²) in [5, 5.41) is 0. The van der Waals surface area contributed by atoms with Gasteiger partial charge in [0.25, 0.3) is 0 Å². The Kier molecular flexibility index (Phi) is 14.6. The predicted molar refractivity (Wildman–Crippen MR) is 168 cm³/mol. The Morgan fingerprint density at radius 2 is 0.977 bits per heavy atom. The summed E-state index contributed by atoms with van der Waals surface area (Å²) in [6.45, 7) is 8.77. The van der Waals surface area contributed by atoms with Gasteiger partial charge in [-0.3, -0.25) is 0 Å². The minimum absolute atomic E-state index is 0.287. The zero-order valence-corrected chi connectivity index (χ0v) is 24.7.